The van der Waals surface area contributed by atoms with E-state index in [2.05, 4.69) is 4.98 Å². The molecule has 2 aromatic heterocycles. The normalized spacial score (nSPS) is 10.8. The van der Waals surface area contributed by atoms with E-state index in [4.69, 9.17) is 10.2 Å². The van der Waals surface area contributed by atoms with Gasteiger partial charge in [-0.2, -0.15) is 0 Å². The number of anilines is 1. The monoisotopic (exact) mass is 280 g/mol. The highest BCUT2D eigenvalue weighted by Gasteiger charge is 2.22. The Hall–Kier alpha value is -2.75. The molecule has 0 saturated heterocycles. The molecule has 0 atom stereocenters. The maximum Gasteiger partial charge on any atom is 0.202 e. The van der Waals surface area contributed by atoms with Crippen LogP contribution in [0.3, 0.4) is 0 Å². The van der Waals surface area contributed by atoms with Crippen molar-refractivity contribution in [1.29, 1.82) is 0 Å². The number of hydrogen-bond donors (Lipinski definition) is 2. The molecule has 3 rings (SSSR count). The molecular formula is C17H16N2O2. The SMILES string of the molecule is Cc1ccc(C)c(-c2c(N)oc(-c3cccnc3)c2O)c1. The van der Waals surface area contributed by atoms with Crippen LogP contribution in [0.25, 0.3) is 22.5 Å². The summed E-state index contributed by atoms with van der Waals surface area (Å²) in [6.45, 7) is 3.97. The zero-order valence-corrected chi connectivity index (χ0v) is 11.9. The second-order valence-corrected chi connectivity index (χ2v) is 5.08. The smallest absolute Gasteiger partial charge is 0.202 e. The van der Waals surface area contributed by atoms with Gasteiger partial charge in [0.25, 0.3) is 0 Å². The van der Waals surface area contributed by atoms with Gasteiger partial charge in [-0.25, -0.2) is 0 Å². The standard InChI is InChI=1S/C17H16N2O2/c1-10-5-6-11(2)13(8-10)14-15(20)16(21-17(14)18)12-4-3-7-19-9-12/h3-9,20H,18H2,1-2H3. The Morgan fingerprint density at radius 1 is 1.19 bits per heavy atom. The molecule has 0 amide bonds. The summed E-state index contributed by atoms with van der Waals surface area (Å²) in [6, 6.07) is 9.61. The third-order valence-electron chi connectivity index (χ3n) is 3.50. The predicted octanol–water partition coefficient (Wildman–Crippen LogP) is 3.91. The summed E-state index contributed by atoms with van der Waals surface area (Å²) in [6.07, 6.45) is 3.29. The Labute approximate surface area is 122 Å². The first kappa shape index (κ1) is 13.2. The highest BCUT2D eigenvalue weighted by Crippen LogP contribution is 2.45. The Balaban J connectivity index is 2.22. The first-order chi connectivity index (χ1) is 10.1. The minimum absolute atomic E-state index is 0.0502. The summed E-state index contributed by atoms with van der Waals surface area (Å²) >= 11 is 0. The van der Waals surface area contributed by atoms with Crippen molar-refractivity contribution in [3.8, 4) is 28.2 Å². The minimum Gasteiger partial charge on any atom is -0.504 e. The van der Waals surface area contributed by atoms with Crippen LogP contribution >= 0.6 is 0 Å². The van der Waals surface area contributed by atoms with Gasteiger partial charge in [-0.15, -0.1) is 0 Å². The average Bonchev–Trinajstić information content (AvgIpc) is 2.78. The van der Waals surface area contributed by atoms with E-state index in [1.54, 1.807) is 18.5 Å². The molecule has 4 heteroatoms. The molecule has 21 heavy (non-hydrogen) atoms. The third kappa shape index (κ3) is 2.25. The lowest BCUT2D eigenvalue weighted by Gasteiger charge is -2.06. The van der Waals surface area contributed by atoms with Gasteiger partial charge in [0.15, 0.2) is 11.5 Å². The van der Waals surface area contributed by atoms with Gasteiger partial charge in [-0.05, 0) is 37.1 Å². The van der Waals surface area contributed by atoms with Gasteiger partial charge in [0, 0.05) is 18.0 Å². The second kappa shape index (κ2) is 4.98. The van der Waals surface area contributed by atoms with Crippen molar-refractivity contribution in [3.05, 3.63) is 53.9 Å². The van der Waals surface area contributed by atoms with Crippen LogP contribution < -0.4 is 5.73 Å². The largest absolute Gasteiger partial charge is 0.504 e. The van der Waals surface area contributed by atoms with Gasteiger partial charge in [-0.3, -0.25) is 4.98 Å². The zero-order chi connectivity index (χ0) is 15.0. The number of aryl methyl sites for hydroxylation is 2. The first-order valence-corrected chi connectivity index (χ1v) is 6.67. The number of rotatable bonds is 2. The number of nitrogens with two attached hydrogens (primary N) is 1. The Bertz CT molecular complexity index is 792. The van der Waals surface area contributed by atoms with E-state index in [-0.39, 0.29) is 11.6 Å². The van der Waals surface area contributed by atoms with E-state index in [1.165, 1.54) is 0 Å². The molecule has 0 aliphatic heterocycles. The third-order valence-corrected chi connectivity index (χ3v) is 3.50. The van der Waals surface area contributed by atoms with Crippen molar-refractivity contribution in [2.45, 2.75) is 13.8 Å². The predicted molar refractivity (Wildman–Crippen MR) is 82.9 cm³/mol. The van der Waals surface area contributed by atoms with E-state index < -0.39 is 0 Å². The summed E-state index contributed by atoms with van der Waals surface area (Å²) in [5.41, 5.74) is 10.2. The number of hydrogen-bond acceptors (Lipinski definition) is 4. The number of benzene rings is 1. The summed E-state index contributed by atoms with van der Waals surface area (Å²) < 4.78 is 5.57. The number of aromatic hydroxyl groups is 1. The molecule has 106 valence electrons. The lowest BCUT2D eigenvalue weighted by Crippen LogP contribution is -1.89. The fourth-order valence-corrected chi connectivity index (χ4v) is 2.40. The summed E-state index contributed by atoms with van der Waals surface area (Å²) in [5.74, 6) is 0.603. The maximum atomic E-state index is 10.5. The number of nitrogens with zero attached hydrogens (tertiary/aromatic N) is 1. The molecule has 3 aromatic rings. The van der Waals surface area contributed by atoms with Gasteiger partial charge in [-0.1, -0.05) is 23.8 Å². The van der Waals surface area contributed by atoms with Gasteiger partial charge in [0.1, 0.15) is 0 Å². The number of pyridine rings is 1. The Morgan fingerprint density at radius 3 is 2.71 bits per heavy atom. The molecule has 0 spiro atoms. The van der Waals surface area contributed by atoms with Crippen molar-refractivity contribution < 1.29 is 9.52 Å². The van der Waals surface area contributed by atoms with Gasteiger partial charge in [0.05, 0.1) is 5.56 Å². The summed E-state index contributed by atoms with van der Waals surface area (Å²) in [5, 5.41) is 10.5. The highest BCUT2D eigenvalue weighted by atomic mass is 16.4. The lowest BCUT2D eigenvalue weighted by molar-refractivity contribution is 0.467. The molecule has 0 fully saturated rings. The van der Waals surface area contributed by atoms with Crippen molar-refractivity contribution in [2.24, 2.45) is 0 Å². The minimum atomic E-state index is 0.0502. The van der Waals surface area contributed by atoms with Crippen LogP contribution in [0.4, 0.5) is 5.88 Å². The molecule has 0 aliphatic carbocycles. The molecule has 0 radical (unpaired) electrons. The van der Waals surface area contributed by atoms with E-state index in [1.807, 2.05) is 38.1 Å². The van der Waals surface area contributed by atoms with Crippen molar-refractivity contribution >= 4 is 5.88 Å². The molecule has 0 saturated carbocycles. The summed E-state index contributed by atoms with van der Waals surface area (Å²) in [4.78, 5) is 4.03. The zero-order valence-electron chi connectivity index (χ0n) is 11.9. The van der Waals surface area contributed by atoms with E-state index in [0.717, 1.165) is 16.7 Å². The number of nitrogen functional groups attached to an aromatic ring is 1. The van der Waals surface area contributed by atoms with Crippen LogP contribution in [-0.2, 0) is 0 Å². The molecule has 4 nitrogen and oxygen atoms in total. The molecule has 0 unspecified atom stereocenters. The molecule has 2 heterocycles. The summed E-state index contributed by atoms with van der Waals surface area (Å²) in [7, 11) is 0. The Kier molecular flexibility index (Phi) is 3.14. The van der Waals surface area contributed by atoms with Gasteiger partial charge in [0.2, 0.25) is 5.88 Å². The number of aromatic nitrogens is 1. The van der Waals surface area contributed by atoms with E-state index in [0.29, 0.717) is 16.9 Å². The average molecular weight is 280 g/mol. The van der Waals surface area contributed by atoms with Crippen molar-refractivity contribution in [1.82, 2.24) is 4.98 Å². The molecule has 0 bridgehead atoms. The quantitative estimate of drug-likeness (QED) is 0.746. The first-order valence-electron chi connectivity index (χ1n) is 6.67. The van der Waals surface area contributed by atoms with Crippen LogP contribution in [0.1, 0.15) is 11.1 Å². The highest BCUT2D eigenvalue weighted by molar-refractivity contribution is 5.87. The van der Waals surface area contributed by atoms with E-state index in [9.17, 15) is 5.11 Å². The fraction of sp³-hybridized carbons (Fsp3) is 0.118. The topological polar surface area (TPSA) is 72.3 Å². The van der Waals surface area contributed by atoms with Gasteiger partial charge < -0.3 is 15.3 Å². The van der Waals surface area contributed by atoms with Crippen molar-refractivity contribution in [2.75, 3.05) is 5.73 Å². The second-order valence-electron chi connectivity index (χ2n) is 5.08. The van der Waals surface area contributed by atoms with Crippen LogP contribution in [-0.4, -0.2) is 10.1 Å². The van der Waals surface area contributed by atoms with Crippen LogP contribution in [0.2, 0.25) is 0 Å². The molecule has 1 aromatic carbocycles. The fourth-order valence-electron chi connectivity index (χ4n) is 2.40. The molecule has 3 N–H and O–H groups in total. The van der Waals surface area contributed by atoms with E-state index >= 15 is 0 Å². The van der Waals surface area contributed by atoms with Crippen LogP contribution in [0.15, 0.2) is 47.1 Å². The lowest BCUT2D eigenvalue weighted by atomic mass is 9.98. The van der Waals surface area contributed by atoms with Crippen LogP contribution in [0, 0.1) is 13.8 Å². The molecular weight excluding hydrogens is 264 g/mol. The maximum absolute atomic E-state index is 10.5. The van der Waals surface area contributed by atoms with Gasteiger partial charge >= 0.3 is 0 Å². The number of furan rings is 1. The van der Waals surface area contributed by atoms with Crippen molar-refractivity contribution in [3.63, 3.8) is 0 Å². The Morgan fingerprint density at radius 2 is 2.00 bits per heavy atom. The molecule has 0 aliphatic rings. The van der Waals surface area contributed by atoms with Crippen LogP contribution in [0.5, 0.6) is 5.75 Å².